The standard InChI is InChI=1S/C23H37N3O5/c1-7-9-10-15-24-20(28)19(17-11-13-18(27)14-12-17)26(8-2)21(29)16(3)25-22(30)31-23(4,5)6/h11-14,16,19,27H,7-10,15H2,1-6H3,(H,24,28)(H,25,30). The van der Waals surface area contributed by atoms with Gasteiger partial charge in [-0.1, -0.05) is 31.9 Å². The summed E-state index contributed by atoms with van der Waals surface area (Å²) in [4.78, 5) is 39.7. The second kappa shape index (κ2) is 12.2. The molecule has 1 rings (SSSR count). The van der Waals surface area contributed by atoms with Gasteiger partial charge in [0.05, 0.1) is 0 Å². The summed E-state index contributed by atoms with van der Waals surface area (Å²) in [6.07, 6.45) is 2.18. The van der Waals surface area contributed by atoms with Gasteiger partial charge in [-0.15, -0.1) is 0 Å². The van der Waals surface area contributed by atoms with E-state index in [0.717, 1.165) is 19.3 Å². The number of unbranched alkanes of at least 4 members (excludes halogenated alkanes) is 2. The number of phenolic OH excluding ortho intramolecular Hbond substituents is 1. The molecule has 0 aliphatic carbocycles. The number of hydrogen-bond acceptors (Lipinski definition) is 5. The molecule has 0 saturated heterocycles. The number of hydrogen-bond donors (Lipinski definition) is 3. The Bertz CT molecular complexity index is 728. The van der Waals surface area contributed by atoms with Crippen molar-refractivity contribution in [2.75, 3.05) is 13.1 Å². The molecular weight excluding hydrogens is 398 g/mol. The fourth-order valence-electron chi connectivity index (χ4n) is 3.07. The van der Waals surface area contributed by atoms with E-state index >= 15 is 0 Å². The Morgan fingerprint density at radius 2 is 1.71 bits per heavy atom. The van der Waals surface area contributed by atoms with Crippen molar-refractivity contribution in [3.8, 4) is 5.75 Å². The Labute approximate surface area is 185 Å². The molecule has 0 aromatic heterocycles. The van der Waals surface area contributed by atoms with Crippen LogP contribution < -0.4 is 10.6 Å². The summed E-state index contributed by atoms with van der Waals surface area (Å²) in [7, 11) is 0. The first-order valence-electron chi connectivity index (χ1n) is 10.9. The van der Waals surface area contributed by atoms with Crippen LogP contribution in [0.5, 0.6) is 5.75 Å². The van der Waals surface area contributed by atoms with Gasteiger partial charge in [0.2, 0.25) is 11.8 Å². The van der Waals surface area contributed by atoms with Crippen molar-refractivity contribution in [1.29, 1.82) is 0 Å². The molecule has 0 aliphatic rings. The number of alkyl carbamates (subject to hydrolysis) is 1. The third kappa shape index (κ3) is 8.86. The highest BCUT2D eigenvalue weighted by atomic mass is 16.6. The van der Waals surface area contributed by atoms with Crippen LogP contribution in [0.15, 0.2) is 24.3 Å². The van der Waals surface area contributed by atoms with Gasteiger partial charge in [0, 0.05) is 13.1 Å². The van der Waals surface area contributed by atoms with Crippen LogP contribution in [-0.4, -0.2) is 52.6 Å². The fourth-order valence-corrected chi connectivity index (χ4v) is 3.07. The lowest BCUT2D eigenvalue weighted by molar-refractivity contribution is -0.141. The molecule has 0 aliphatic heterocycles. The zero-order chi connectivity index (χ0) is 23.6. The van der Waals surface area contributed by atoms with Gasteiger partial charge in [0.25, 0.3) is 0 Å². The van der Waals surface area contributed by atoms with Gasteiger partial charge >= 0.3 is 6.09 Å². The first-order valence-corrected chi connectivity index (χ1v) is 10.9. The van der Waals surface area contributed by atoms with E-state index in [9.17, 15) is 19.5 Å². The van der Waals surface area contributed by atoms with E-state index in [-0.39, 0.29) is 18.2 Å². The van der Waals surface area contributed by atoms with Crippen LogP contribution in [0.3, 0.4) is 0 Å². The number of nitrogens with one attached hydrogen (secondary N) is 2. The number of rotatable bonds is 10. The minimum atomic E-state index is -0.887. The van der Waals surface area contributed by atoms with Crippen molar-refractivity contribution in [1.82, 2.24) is 15.5 Å². The first-order chi connectivity index (χ1) is 14.5. The molecule has 2 atom stereocenters. The highest BCUT2D eigenvalue weighted by Crippen LogP contribution is 2.24. The number of aromatic hydroxyl groups is 1. The number of amides is 3. The van der Waals surface area contributed by atoms with Gasteiger partial charge in [-0.25, -0.2) is 4.79 Å². The maximum atomic E-state index is 13.2. The van der Waals surface area contributed by atoms with Crippen molar-refractivity contribution in [2.45, 2.75) is 78.5 Å². The Hall–Kier alpha value is -2.77. The SMILES string of the molecule is CCCCCNC(=O)C(c1ccc(O)cc1)N(CC)C(=O)C(C)NC(=O)OC(C)(C)C. The van der Waals surface area contributed by atoms with Crippen LogP contribution in [0.4, 0.5) is 4.79 Å². The summed E-state index contributed by atoms with van der Waals surface area (Å²) < 4.78 is 5.23. The summed E-state index contributed by atoms with van der Waals surface area (Å²) in [5, 5.41) is 15.1. The van der Waals surface area contributed by atoms with Crippen molar-refractivity contribution in [3.63, 3.8) is 0 Å². The average molecular weight is 436 g/mol. The van der Waals surface area contributed by atoms with Gasteiger partial charge in [-0.2, -0.15) is 0 Å². The number of phenols is 1. The lowest BCUT2D eigenvalue weighted by atomic mass is 10.0. The molecule has 8 heteroatoms. The number of nitrogens with zero attached hydrogens (tertiary/aromatic N) is 1. The summed E-state index contributed by atoms with van der Waals surface area (Å²) in [6, 6.07) is 4.42. The largest absolute Gasteiger partial charge is 0.508 e. The van der Waals surface area contributed by atoms with E-state index < -0.39 is 29.7 Å². The zero-order valence-corrected chi connectivity index (χ0v) is 19.5. The minimum Gasteiger partial charge on any atom is -0.508 e. The van der Waals surface area contributed by atoms with Crippen LogP contribution in [0.2, 0.25) is 0 Å². The van der Waals surface area contributed by atoms with E-state index in [1.807, 2.05) is 0 Å². The van der Waals surface area contributed by atoms with Crippen LogP contribution in [0.25, 0.3) is 0 Å². The Balaban J connectivity index is 3.06. The number of likely N-dealkylation sites (N-methyl/N-ethyl adjacent to an activating group) is 1. The van der Waals surface area contributed by atoms with Gasteiger partial charge < -0.3 is 25.4 Å². The highest BCUT2D eigenvalue weighted by Gasteiger charge is 2.33. The first kappa shape index (κ1) is 26.3. The molecule has 3 N–H and O–H groups in total. The maximum absolute atomic E-state index is 13.2. The van der Waals surface area contributed by atoms with Crippen LogP contribution >= 0.6 is 0 Å². The number of ether oxygens (including phenoxy) is 1. The van der Waals surface area contributed by atoms with E-state index in [1.165, 1.54) is 17.0 Å². The summed E-state index contributed by atoms with van der Waals surface area (Å²) in [5.41, 5.74) is -0.116. The average Bonchev–Trinajstić information content (AvgIpc) is 2.68. The Kier molecular flexibility index (Phi) is 10.3. The number of benzene rings is 1. The van der Waals surface area contributed by atoms with Crippen molar-refractivity contribution in [3.05, 3.63) is 29.8 Å². The molecule has 2 unspecified atom stereocenters. The van der Waals surface area contributed by atoms with E-state index in [1.54, 1.807) is 46.8 Å². The maximum Gasteiger partial charge on any atom is 0.408 e. The molecule has 174 valence electrons. The molecule has 1 aromatic rings. The topological polar surface area (TPSA) is 108 Å². The smallest absolute Gasteiger partial charge is 0.408 e. The molecular formula is C23H37N3O5. The summed E-state index contributed by atoms with van der Waals surface area (Å²) in [5.74, 6) is -0.642. The van der Waals surface area contributed by atoms with E-state index in [4.69, 9.17) is 4.74 Å². The minimum absolute atomic E-state index is 0.0696. The normalized spacial score (nSPS) is 13.1. The molecule has 8 nitrogen and oxygen atoms in total. The van der Waals surface area contributed by atoms with Crippen molar-refractivity contribution >= 4 is 17.9 Å². The van der Waals surface area contributed by atoms with E-state index in [0.29, 0.717) is 12.1 Å². The summed E-state index contributed by atoms with van der Waals surface area (Å²) in [6.45, 7) is 11.4. The molecule has 0 heterocycles. The number of carbonyl (C=O) groups excluding carboxylic acids is 3. The molecule has 3 amide bonds. The predicted octanol–water partition coefficient (Wildman–Crippen LogP) is 3.50. The van der Waals surface area contributed by atoms with Gasteiger partial charge in [-0.05, 0) is 58.7 Å². The predicted molar refractivity (Wildman–Crippen MR) is 120 cm³/mol. The zero-order valence-electron chi connectivity index (χ0n) is 19.5. The van der Waals surface area contributed by atoms with Gasteiger partial charge in [-0.3, -0.25) is 9.59 Å². The van der Waals surface area contributed by atoms with Gasteiger partial charge in [0.15, 0.2) is 0 Å². The molecule has 0 radical (unpaired) electrons. The van der Waals surface area contributed by atoms with Gasteiger partial charge in [0.1, 0.15) is 23.4 Å². The van der Waals surface area contributed by atoms with Crippen LogP contribution in [-0.2, 0) is 14.3 Å². The molecule has 31 heavy (non-hydrogen) atoms. The van der Waals surface area contributed by atoms with Crippen LogP contribution in [0, 0.1) is 0 Å². The second-order valence-electron chi connectivity index (χ2n) is 8.48. The quantitative estimate of drug-likeness (QED) is 0.488. The third-order valence-electron chi connectivity index (χ3n) is 4.58. The lowest BCUT2D eigenvalue weighted by Gasteiger charge is -2.32. The van der Waals surface area contributed by atoms with Crippen molar-refractivity contribution in [2.24, 2.45) is 0 Å². The molecule has 0 fully saturated rings. The monoisotopic (exact) mass is 435 g/mol. The van der Waals surface area contributed by atoms with E-state index in [2.05, 4.69) is 17.6 Å². The fraction of sp³-hybridized carbons (Fsp3) is 0.609. The third-order valence-corrected chi connectivity index (χ3v) is 4.58. The molecule has 0 bridgehead atoms. The molecule has 0 saturated carbocycles. The van der Waals surface area contributed by atoms with Crippen LogP contribution in [0.1, 0.15) is 72.4 Å². The Morgan fingerprint density at radius 3 is 2.23 bits per heavy atom. The number of carbonyl (C=O) groups is 3. The second-order valence-corrected chi connectivity index (χ2v) is 8.48. The lowest BCUT2D eigenvalue weighted by Crippen LogP contribution is -2.51. The summed E-state index contributed by atoms with van der Waals surface area (Å²) >= 11 is 0. The highest BCUT2D eigenvalue weighted by molar-refractivity contribution is 5.91. The Morgan fingerprint density at radius 1 is 1.10 bits per heavy atom. The molecule has 0 spiro atoms. The molecule has 1 aromatic carbocycles. The van der Waals surface area contributed by atoms with Crippen molar-refractivity contribution < 1.29 is 24.2 Å².